The van der Waals surface area contributed by atoms with Gasteiger partial charge in [-0.2, -0.15) is 13.2 Å². The maximum absolute atomic E-state index is 12.9. The second-order valence-corrected chi connectivity index (χ2v) is 9.62. The number of nitrogens with zero attached hydrogens (tertiary/aromatic N) is 3. The number of sulfone groups is 1. The minimum atomic E-state index is -4.24. The van der Waals surface area contributed by atoms with Crippen LogP contribution in [0.15, 0.2) is 4.99 Å². The van der Waals surface area contributed by atoms with Gasteiger partial charge in [0.15, 0.2) is 15.8 Å². The SMILES string of the molecule is CCNC(=NCCC(=O)NC1CCS(=O)(=O)C1)N1CCN(C(C)C(F)(F)F)CC1.I. The lowest BCUT2D eigenvalue weighted by molar-refractivity contribution is -0.181. The third-order valence-corrected chi connectivity index (χ3v) is 6.94. The van der Waals surface area contributed by atoms with Gasteiger partial charge in [-0.15, -0.1) is 24.0 Å². The average Bonchev–Trinajstić information content (AvgIpc) is 2.98. The Balaban J connectivity index is 0.00000450. The quantitative estimate of drug-likeness (QED) is 0.280. The molecule has 176 valence electrons. The zero-order chi connectivity index (χ0) is 21.7. The lowest BCUT2D eigenvalue weighted by Crippen LogP contribution is -2.56. The summed E-state index contributed by atoms with van der Waals surface area (Å²) in [6, 6.07) is -1.82. The van der Waals surface area contributed by atoms with Crippen LogP contribution in [-0.2, 0) is 14.6 Å². The maximum Gasteiger partial charge on any atom is 0.403 e. The topological polar surface area (TPSA) is 94.1 Å². The number of amides is 1. The molecule has 0 aromatic heterocycles. The predicted octanol–water partition coefficient (Wildman–Crippen LogP) is 0.832. The normalized spacial score (nSPS) is 23.6. The van der Waals surface area contributed by atoms with Crippen molar-refractivity contribution >= 4 is 45.7 Å². The summed E-state index contributed by atoms with van der Waals surface area (Å²) in [5, 5.41) is 5.83. The molecule has 0 radical (unpaired) electrons. The minimum absolute atomic E-state index is 0. The van der Waals surface area contributed by atoms with Crippen molar-refractivity contribution in [1.29, 1.82) is 0 Å². The number of halogens is 4. The molecule has 2 N–H and O–H groups in total. The van der Waals surface area contributed by atoms with Gasteiger partial charge in [0.05, 0.1) is 18.1 Å². The zero-order valence-corrected chi connectivity index (χ0v) is 20.4. The molecule has 30 heavy (non-hydrogen) atoms. The van der Waals surface area contributed by atoms with E-state index >= 15 is 0 Å². The van der Waals surface area contributed by atoms with Crippen LogP contribution in [0.2, 0.25) is 0 Å². The van der Waals surface area contributed by atoms with Gasteiger partial charge < -0.3 is 15.5 Å². The Bertz CT molecular complexity index is 697. The Morgan fingerprint density at radius 1 is 1.23 bits per heavy atom. The number of piperazine rings is 1. The first-order valence-corrected chi connectivity index (χ1v) is 11.7. The van der Waals surface area contributed by atoms with Gasteiger partial charge in [-0.1, -0.05) is 0 Å². The van der Waals surface area contributed by atoms with Crippen molar-refractivity contribution in [3.63, 3.8) is 0 Å². The predicted molar refractivity (Wildman–Crippen MR) is 120 cm³/mol. The van der Waals surface area contributed by atoms with Gasteiger partial charge in [0.2, 0.25) is 5.91 Å². The Kier molecular flexibility index (Phi) is 10.6. The van der Waals surface area contributed by atoms with E-state index in [1.165, 1.54) is 11.8 Å². The third kappa shape index (κ3) is 8.36. The highest BCUT2D eigenvalue weighted by Gasteiger charge is 2.41. The van der Waals surface area contributed by atoms with Crippen molar-refractivity contribution in [2.45, 2.75) is 44.9 Å². The largest absolute Gasteiger partial charge is 0.403 e. The van der Waals surface area contributed by atoms with Crippen LogP contribution in [0.1, 0.15) is 26.7 Å². The van der Waals surface area contributed by atoms with Crippen molar-refractivity contribution in [3.05, 3.63) is 0 Å². The Morgan fingerprint density at radius 3 is 2.37 bits per heavy atom. The van der Waals surface area contributed by atoms with Gasteiger partial charge in [-0.05, 0) is 20.3 Å². The fourth-order valence-electron chi connectivity index (χ4n) is 3.43. The molecule has 8 nitrogen and oxygen atoms in total. The van der Waals surface area contributed by atoms with E-state index in [1.54, 1.807) is 0 Å². The standard InChI is InChI=1S/C17H30F3N5O3S.HI/c1-3-21-16(25-9-7-24(8-10-25)13(2)17(18,19)20)22-6-4-15(26)23-14-5-11-29(27,28)12-14;/h13-14H,3-12H2,1-2H3,(H,21,22)(H,23,26);1H. The lowest BCUT2D eigenvalue weighted by atomic mass is 10.2. The van der Waals surface area contributed by atoms with Crippen LogP contribution in [0, 0.1) is 0 Å². The van der Waals surface area contributed by atoms with E-state index < -0.39 is 22.1 Å². The molecule has 2 atom stereocenters. The number of carbonyl (C=O) groups excluding carboxylic acids is 1. The maximum atomic E-state index is 12.9. The second kappa shape index (κ2) is 11.7. The highest BCUT2D eigenvalue weighted by atomic mass is 127. The van der Waals surface area contributed by atoms with Crippen molar-refractivity contribution in [1.82, 2.24) is 20.4 Å². The first kappa shape index (κ1) is 27.2. The highest BCUT2D eigenvalue weighted by molar-refractivity contribution is 14.0. The summed E-state index contributed by atoms with van der Waals surface area (Å²) in [5.41, 5.74) is 0. The van der Waals surface area contributed by atoms with Gasteiger partial charge in [0, 0.05) is 45.2 Å². The van der Waals surface area contributed by atoms with Gasteiger partial charge in [-0.3, -0.25) is 14.7 Å². The van der Waals surface area contributed by atoms with E-state index in [-0.39, 0.29) is 73.5 Å². The van der Waals surface area contributed by atoms with Crippen molar-refractivity contribution in [3.8, 4) is 0 Å². The van der Waals surface area contributed by atoms with Gasteiger partial charge >= 0.3 is 6.18 Å². The molecule has 0 aromatic rings. The van der Waals surface area contributed by atoms with Crippen LogP contribution >= 0.6 is 24.0 Å². The van der Waals surface area contributed by atoms with Crippen LogP contribution in [0.25, 0.3) is 0 Å². The number of aliphatic imine (C=N–C) groups is 1. The molecule has 0 aromatic carbocycles. The Labute approximate surface area is 193 Å². The molecule has 2 aliphatic heterocycles. The van der Waals surface area contributed by atoms with Crippen molar-refractivity contribution in [2.24, 2.45) is 4.99 Å². The summed E-state index contributed by atoms with van der Waals surface area (Å²) in [5.74, 6) is 0.392. The third-order valence-electron chi connectivity index (χ3n) is 5.17. The molecule has 13 heteroatoms. The van der Waals surface area contributed by atoms with Crippen molar-refractivity contribution < 1.29 is 26.4 Å². The molecule has 0 saturated carbocycles. The van der Waals surface area contributed by atoms with E-state index in [0.717, 1.165) is 0 Å². The summed E-state index contributed by atoms with van der Waals surface area (Å²) in [6.07, 6.45) is -3.69. The Hall–Kier alpha value is -0.830. The van der Waals surface area contributed by atoms with E-state index in [1.807, 2.05) is 11.8 Å². The van der Waals surface area contributed by atoms with Crippen LogP contribution in [0.5, 0.6) is 0 Å². The fourth-order valence-corrected chi connectivity index (χ4v) is 5.10. The summed E-state index contributed by atoms with van der Waals surface area (Å²) in [6.45, 7) is 5.27. The molecule has 1 amide bonds. The summed E-state index contributed by atoms with van der Waals surface area (Å²) in [4.78, 5) is 19.7. The zero-order valence-electron chi connectivity index (χ0n) is 17.2. The first-order valence-electron chi connectivity index (χ1n) is 9.85. The van der Waals surface area contributed by atoms with E-state index in [4.69, 9.17) is 0 Å². The molecule has 0 spiro atoms. The Morgan fingerprint density at radius 2 is 1.87 bits per heavy atom. The summed E-state index contributed by atoms with van der Waals surface area (Å²) < 4.78 is 61.5. The minimum Gasteiger partial charge on any atom is -0.357 e. The molecular formula is C17H31F3IN5O3S. The molecule has 2 rings (SSSR count). The highest BCUT2D eigenvalue weighted by Crippen LogP contribution is 2.25. The van der Waals surface area contributed by atoms with Gasteiger partial charge in [0.25, 0.3) is 0 Å². The average molecular weight is 569 g/mol. The molecule has 2 fully saturated rings. The lowest BCUT2D eigenvalue weighted by Gasteiger charge is -2.39. The van der Waals surface area contributed by atoms with Gasteiger partial charge in [0.1, 0.15) is 6.04 Å². The molecule has 0 bridgehead atoms. The number of hydrogen-bond donors (Lipinski definition) is 2. The van der Waals surface area contributed by atoms with Gasteiger partial charge in [-0.25, -0.2) is 8.42 Å². The number of hydrogen-bond acceptors (Lipinski definition) is 5. The number of nitrogens with one attached hydrogen (secondary N) is 2. The van der Waals surface area contributed by atoms with Crippen LogP contribution in [0.3, 0.4) is 0 Å². The number of rotatable bonds is 6. The number of carbonyl (C=O) groups is 1. The van der Waals surface area contributed by atoms with E-state index in [9.17, 15) is 26.4 Å². The summed E-state index contributed by atoms with van der Waals surface area (Å²) in [7, 11) is -3.05. The summed E-state index contributed by atoms with van der Waals surface area (Å²) >= 11 is 0. The number of guanidine groups is 1. The second-order valence-electron chi connectivity index (χ2n) is 7.39. The van der Waals surface area contributed by atoms with Crippen LogP contribution in [-0.4, -0.2) is 99.1 Å². The fraction of sp³-hybridized carbons (Fsp3) is 0.882. The smallest absolute Gasteiger partial charge is 0.357 e. The van der Waals surface area contributed by atoms with Crippen LogP contribution in [0.4, 0.5) is 13.2 Å². The van der Waals surface area contributed by atoms with Crippen molar-refractivity contribution in [2.75, 3.05) is 50.8 Å². The molecule has 2 aliphatic rings. The van der Waals surface area contributed by atoms with Crippen LogP contribution < -0.4 is 10.6 Å². The first-order chi connectivity index (χ1) is 13.5. The number of alkyl halides is 3. The molecular weight excluding hydrogens is 538 g/mol. The molecule has 2 heterocycles. The van der Waals surface area contributed by atoms with E-state index in [2.05, 4.69) is 15.6 Å². The molecule has 0 aliphatic carbocycles. The molecule has 2 saturated heterocycles. The molecule has 2 unspecified atom stereocenters. The monoisotopic (exact) mass is 569 g/mol. The van der Waals surface area contributed by atoms with E-state index in [0.29, 0.717) is 32.0 Å².